The van der Waals surface area contributed by atoms with E-state index >= 15 is 0 Å². The lowest BCUT2D eigenvalue weighted by molar-refractivity contribution is 0.446. The minimum atomic E-state index is -1.55. The van der Waals surface area contributed by atoms with Gasteiger partial charge in [0.25, 0.3) is 0 Å². The summed E-state index contributed by atoms with van der Waals surface area (Å²) in [5.74, 6) is 0.157. The largest absolute Gasteiger partial charge is 0.206 e. The van der Waals surface area contributed by atoms with E-state index < -0.39 is 23.3 Å². The molecule has 4 heteroatoms. The van der Waals surface area contributed by atoms with Crippen LogP contribution in [0.1, 0.15) is 30.0 Å². The van der Waals surface area contributed by atoms with E-state index in [4.69, 9.17) is 0 Å². The second-order valence-corrected chi connectivity index (χ2v) is 4.55. The lowest BCUT2D eigenvalue weighted by Gasteiger charge is -1.98. The Bertz CT molecular complexity index is 756. The quantitative estimate of drug-likeness (QED) is 0.413. The predicted octanol–water partition coefficient (Wildman–Crippen LogP) is 5.07. The van der Waals surface area contributed by atoms with Crippen LogP contribution in [0.5, 0.6) is 0 Å². The number of hydrogen-bond donors (Lipinski definition) is 0. The zero-order chi connectivity index (χ0) is 16.1. The Morgan fingerprint density at radius 2 is 1.59 bits per heavy atom. The molecule has 0 saturated carbocycles. The van der Waals surface area contributed by atoms with Gasteiger partial charge in [0.05, 0.1) is 5.56 Å². The molecule has 0 spiro atoms. The fourth-order valence-corrected chi connectivity index (χ4v) is 1.76. The van der Waals surface area contributed by atoms with Crippen molar-refractivity contribution >= 4 is 6.08 Å². The Morgan fingerprint density at radius 1 is 0.909 bits per heavy atom. The van der Waals surface area contributed by atoms with Crippen LogP contribution in [0.15, 0.2) is 36.4 Å². The number of allylic oxidation sites excluding steroid dienone is 1. The molecule has 0 bridgehead atoms. The van der Waals surface area contributed by atoms with Gasteiger partial charge >= 0.3 is 0 Å². The monoisotopic (exact) mass is 304 g/mol. The van der Waals surface area contributed by atoms with E-state index in [0.29, 0.717) is 5.56 Å². The maximum Gasteiger partial charge on any atom is 0.194 e. The number of rotatable bonds is 2. The fraction of sp³-hybridized carbons (Fsp3) is 0.111. The van der Waals surface area contributed by atoms with E-state index in [0.717, 1.165) is 18.6 Å². The highest BCUT2D eigenvalue weighted by molar-refractivity contribution is 5.53. The van der Waals surface area contributed by atoms with E-state index in [-0.39, 0.29) is 11.1 Å². The second kappa shape index (κ2) is 6.95. The highest BCUT2D eigenvalue weighted by Crippen LogP contribution is 2.14. The summed E-state index contributed by atoms with van der Waals surface area (Å²) in [6, 6.07) is 6.02. The second-order valence-electron chi connectivity index (χ2n) is 4.55. The molecule has 2 aromatic carbocycles. The predicted molar refractivity (Wildman–Crippen MR) is 78.0 cm³/mol. The summed E-state index contributed by atoms with van der Waals surface area (Å²) in [6.45, 7) is 1.97. The molecule has 2 aromatic rings. The summed E-state index contributed by atoms with van der Waals surface area (Å²) in [6.07, 6.45) is 4.51. The summed E-state index contributed by atoms with van der Waals surface area (Å²) >= 11 is 0. The van der Waals surface area contributed by atoms with Gasteiger partial charge in [-0.3, -0.25) is 0 Å². The van der Waals surface area contributed by atoms with Crippen LogP contribution in [0.25, 0.3) is 6.08 Å². The van der Waals surface area contributed by atoms with Crippen molar-refractivity contribution in [2.24, 2.45) is 0 Å². The SMILES string of the molecule is CCC=Cc1ccc(C#Cc2cc(F)c(F)c(F)c2)c(F)c1. The maximum atomic E-state index is 13.9. The highest BCUT2D eigenvalue weighted by Gasteiger charge is 2.09. The van der Waals surface area contributed by atoms with Gasteiger partial charge in [-0.05, 0) is 36.2 Å². The van der Waals surface area contributed by atoms with Crippen LogP contribution in [-0.2, 0) is 0 Å². The molecular weight excluding hydrogens is 292 g/mol. The van der Waals surface area contributed by atoms with Gasteiger partial charge in [-0.25, -0.2) is 17.6 Å². The molecule has 0 heterocycles. The molecule has 2 rings (SSSR count). The highest BCUT2D eigenvalue weighted by atomic mass is 19.2. The van der Waals surface area contributed by atoms with E-state index in [1.165, 1.54) is 12.1 Å². The molecule has 0 saturated heterocycles. The van der Waals surface area contributed by atoms with E-state index in [2.05, 4.69) is 11.8 Å². The average Bonchev–Trinajstić information content (AvgIpc) is 2.49. The topological polar surface area (TPSA) is 0 Å². The van der Waals surface area contributed by atoms with Crippen molar-refractivity contribution in [1.82, 2.24) is 0 Å². The molecule has 0 atom stereocenters. The van der Waals surface area contributed by atoms with Crippen molar-refractivity contribution in [1.29, 1.82) is 0 Å². The van der Waals surface area contributed by atoms with Gasteiger partial charge in [0, 0.05) is 5.56 Å². The normalized spacial score (nSPS) is 10.6. The van der Waals surface area contributed by atoms with Crippen LogP contribution >= 0.6 is 0 Å². The van der Waals surface area contributed by atoms with Crippen LogP contribution in [0.3, 0.4) is 0 Å². The van der Waals surface area contributed by atoms with E-state index in [1.807, 2.05) is 13.0 Å². The molecule has 0 N–H and O–H groups in total. The average molecular weight is 304 g/mol. The Morgan fingerprint density at radius 3 is 2.18 bits per heavy atom. The van der Waals surface area contributed by atoms with Crippen LogP contribution in [-0.4, -0.2) is 0 Å². The van der Waals surface area contributed by atoms with Gasteiger partial charge in [-0.15, -0.1) is 0 Å². The number of benzene rings is 2. The third-order valence-corrected chi connectivity index (χ3v) is 2.86. The molecular formula is C18H12F4. The first-order valence-electron chi connectivity index (χ1n) is 6.64. The lowest BCUT2D eigenvalue weighted by Crippen LogP contribution is -1.92. The molecule has 0 aromatic heterocycles. The smallest absolute Gasteiger partial charge is 0.194 e. The fourth-order valence-electron chi connectivity index (χ4n) is 1.76. The first-order chi connectivity index (χ1) is 10.5. The molecule has 22 heavy (non-hydrogen) atoms. The van der Waals surface area contributed by atoms with Gasteiger partial charge in [0.15, 0.2) is 17.5 Å². The minimum absolute atomic E-state index is 0.0641. The Hall–Kier alpha value is -2.54. The summed E-state index contributed by atoms with van der Waals surface area (Å²) in [5.41, 5.74) is 0.730. The first kappa shape index (κ1) is 15.8. The lowest BCUT2D eigenvalue weighted by atomic mass is 10.1. The van der Waals surface area contributed by atoms with Gasteiger partial charge in [0.1, 0.15) is 5.82 Å². The van der Waals surface area contributed by atoms with E-state index in [9.17, 15) is 17.6 Å². The third kappa shape index (κ3) is 3.76. The van der Waals surface area contributed by atoms with Crippen molar-refractivity contribution < 1.29 is 17.6 Å². The molecule has 0 unspecified atom stereocenters. The summed E-state index contributed by atoms with van der Waals surface area (Å²) in [7, 11) is 0. The van der Waals surface area contributed by atoms with Gasteiger partial charge < -0.3 is 0 Å². The Kier molecular flexibility index (Phi) is 5.00. The number of hydrogen-bond acceptors (Lipinski definition) is 0. The standard InChI is InChI=1S/C18H12F4/c1-2-3-4-12-5-7-14(15(19)9-12)8-6-13-10-16(20)18(22)17(21)11-13/h3-5,7,9-11H,2H2,1H3. The van der Waals surface area contributed by atoms with Gasteiger partial charge in [-0.2, -0.15) is 0 Å². The molecule has 0 aliphatic carbocycles. The molecule has 0 aliphatic rings. The van der Waals surface area contributed by atoms with Crippen molar-refractivity contribution in [2.75, 3.05) is 0 Å². The van der Waals surface area contributed by atoms with Crippen LogP contribution in [0, 0.1) is 35.1 Å². The molecule has 0 nitrogen and oxygen atoms in total. The minimum Gasteiger partial charge on any atom is -0.206 e. The van der Waals surface area contributed by atoms with Gasteiger partial charge in [-0.1, -0.05) is 37.0 Å². The summed E-state index contributed by atoms with van der Waals surface area (Å²) < 4.78 is 52.8. The molecule has 112 valence electrons. The molecule has 0 amide bonds. The van der Waals surface area contributed by atoms with Crippen LogP contribution in [0.2, 0.25) is 0 Å². The zero-order valence-corrected chi connectivity index (χ0v) is 11.8. The van der Waals surface area contributed by atoms with Gasteiger partial charge in [0.2, 0.25) is 0 Å². The molecule has 0 radical (unpaired) electrons. The van der Waals surface area contributed by atoms with Crippen molar-refractivity contribution in [2.45, 2.75) is 13.3 Å². The van der Waals surface area contributed by atoms with Crippen LogP contribution < -0.4 is 0 Å². The maximum absolute atomic E-state index is 13.9. The number of halogens is 4. The zero-order valence-electron chi connectivity index (χ0n) is 11.8. The van der Waals surface area contributed by atoms with Crippen molar-refractivity contribution in [3.63, 3.8) is 0 Å². The first-order valence-corrected chi connectivity index (χ1v) is 6.64. The van der Waals surface area contributed by atoms with Crippen molar-refractivity contribution in [3.8, 4) is 11.8 Å². The molecule has 0 aliphatic heterocycles. The van der Waals surface area contributed by atoms with Crippen LogP contribution in [0.4, 0.5) is 17.6 Å². The Balaban J connectivity index is 2.30. The molecule has 0 fully saturated rings. The Labute approximate surface area is 126 Å². The third-order valence-electron chi connectivity index (χ3n) is 2.86. The summed E-state index contributed by atoms with van der Waals surface area (Å²) in [4.78, 5) is 0. The summed E-state index contributed by atoms with van der Waals surface area (Å²) in [5, 5.41) is 0. The van der Waals surface area contributed by atoms with E-state index in [1.54, 1.807) is 12.1 Å². The van der Waals surface area contributed by atoms with Crippen molar-refractivity contribution in [3.05, 3.63) is 76.4 Å².